The van der Waals surface area contributed by atoms with Crippen molar-refractivity contribution in [1.82, 2.24) is 0 Å². The highest BCUT2D eigenvalue weighted by Gasteiger charge is 2.31. The minimum atomic E-state index is 0.111. The smallest absolute Gasteiger partial charge is 0.135 e. The molecule has 3 aliphatic rings. The Labute approximate surface area is 138 Å². The van der Waals surface area contributed by atoms with Crippen molar-refractivity contribution in [3.63, 3.8) is 0 Å². The molecule has 2 atom stereocenters. The van der Waals surface area contributed by atoms with Crippen LogP contribution in [0.25, 0.3) is 24.3 Å². The minimum Gasteiger partial charge on any atom is -0.456 e. The molecule has 0 radical (unpaired) electrons. The molecule has 4 rings (SSSR count). The fourth-order valence-electron chi connectivity index (χ4n) is 4.28. The molecular weight excluding hydrogens is 280 g/mol. The molecule has 120 valence electrons. The van der Waals surface area contributed by atoms with E-state index in [0.29, 0.717) is 5.92 Å². The standard InChI is InChI=1S/C22H26O/c1-16-10-12-19-18-9-6-14-22(2,17-7-4-3-5-8-17)15-21(18)23-20(19)13-11-16/h6,9-17H,3-5,7-8H2,1-2H3. The predicted octanol–water partition coefficient (Wildman–Crippen LogP) is 4.67. The van der Waals surface area contributed by atoms with E-state index in [0.717, 1.165) is 17.1 Å². The summed E-state index contributed by atoms with van der Waals surface area (Å²) in [4.78, 5) is 0. The fraction of sp³-hybridized carbons (Fsp3) is 0.455. The Hall–Kier alpha value is -1.76. The lowest BCUT2D eigenvalue weighted by molar-refractivity contribution is 0.251. The van der Waals surface area contributed by atoms with Crippen molar-refractivity contribution in [2.24, 2.45) is 17.3 Å². The van der Waals surface area contributed by atoms with Crippen molar-refractivity contribution in [3.8, 4) is 0 Å². The average Bonchev–Trinajstić information content (AvgIpc) is 2.68. The Balaban J connectivity index is 1.83. The highest BCUT2D eigenvalue weighted by molar-refractivity contribution is 5.67. The van der Waals surface area contributed by atoms with Gasteiger partial charge in [-0.05, 0) is 36.8 Å². The van der Waals surface area contributed by atoms with Crippen LogP contribution in [-0.2, 0) is 0 Å². The second kappa shape index (κ2) is 5.70. The predicted molar refractivity (Wildman–Crippen MR) is 97.9 cm³/mol. The van der Waals surface area contributed by atoms with Crippen LogP contribution in [0.4, 0.5) is 0 Å². The van der Waals surface area contributed by atoms with E-state index in [9.17, 15) is 0 Å². The molecule has 0 N–H and O–H groups in total. The molecule has 3 aliphatic carbocycles. The van der Waals surface area contributed by atoms with Gasteiger partial charge in [-0.1, -0.05) is 69.6 Å². The van der Waals surface area contributed by atoms with Crippen molar-refractivity contribution >= 4 is 24.3 Å². The van der Waals surface area contributed by atoms with Crippen LogP contribution in [0.15, 0.2) is 28.7 Å². The van der Waals surface area contributed by atoms with Gasteiger partial charge in [0.15, 0.2) is 0 Å². The van der Waals surface area contributed by atoms with Gasteiger partial charge in [-0.25, -0.2) is 0 Å². The second-order valence-electron chi connectivity index (χ2n) is 7.61. The zero-order chi connectivity index (χ0) is 15.9. The Morgan fingerprint density at radius 2 is 1.87 bits per heavy atom. The van der Waals surface area contributed by atoms with Gasteiger partial charge in [-0.2, -0.15) is 0 Å². The molecular formula is C22H26O. The van der Waals surface area contributed by atoms with Crippen LogP contribution in [0.5, 0.6) is 0 Å². The summed E-state index contributed by atoms with van der Waals surface area (Å²) >= 11 is 0. The molecule has 1 fully saturated rings. The van der Waals surface area contributed by atoms with Gasteiger partial charge < -0.3 is 4.42 Å². The Kier molecular flexibility index (Phi) is 3.67. The highest BCUT2D eigenvalue weighted by atomic mass is 16.3. The maximum atomic E-state index is 6.26. The van der Waals surface area contributed by atoms with E-state index in [1.807, 2.05) is 0 Å². The number of rotatable bonds is 1. The average molecular weight is 306 g/mol. The molecule has 1 aromatic heterocycles. The lowest BCUT2D eigenvalue weighted by atomic mass is 9.69. The van der Waals surface area contributed by atoms with Crippen molar-refractivity contribution < 1.29 is 4.42 Å². The Morgan fingerprint density at radius 3 is 2.70 bits per heavy atom. The van der Waals surface area contributed by atoms with Crippen molar-refractivity contribution in [2.75, 3.05) is 0 Å². The third-order valence-corrected chi connectivity index (χ3v) is 5.80. The monoisotopic (exact) mass is 306 g/mol. The molecule has 0 aromatic carbocycles. The first-order chi connectivity index (χ1) is 11.2. The van der Waals surface area contributed by atoms with E-state index in [2.05, 4.69) is 62.5 Å². The first-order valence-electron chi connectivity index (χ1n) is 9.07. The van der Waals surface area contributed by atoms with Gasteiger partial charge >= 0.3 is 0 Å². The van der Waals surface area contributed by atoms with Crippen LogP contribution < -0.4 is 10.6 Å². The molecule has 0 saturated heterocycles. The molecule has 0 bridgehead atoms. The van der Waals surface area contributed by atoms with Crippen LogP contribution in [0.2, 0.25) is 0 Å². The summed E-state index contributed by atoms with van der Waals surface area (Å²) in [5.41, 5.74) is 2.39. The molecule has 1 saturated carbocycles. The van der Waals surface area contributed by atoms with Crippen LogP contribution in [-0.4, -0.2) is 0 Å². The lowest BCUT2D eigenvalue weighted by Crippen LogP contribution is -2.29. The van der Waals surface area contributed by atoms with Gasteiger partial charge in [-0.15, -0.1) is 0 Å². The zero-order valence-electron chi connectivity index (χ0n) is 14.2. The summed E-state index contributed by atoms with van der Waals surface area (Å²) in [6.07, 6.45) is 24.9. The van der Waals surface area contributed by atoms with Gasteiger partial charge in [0.25, 0.3) is 0 Å². The summed E-state index contributed by atoms with van der Waals surface area (Å²) in [6, 6.07) is 0. The van der Waals surface area contributed by atoms with Gasteiger partial charge in [0.1, 0.15) is 11.2 Å². The van der Waals surface area contributed by atoms with Crippen LogP contribution in [0, 0.1) is 17.3 Å². The number of hydrogen-bond donors (Lipinski definition) is 0. The van der Waals surface area contributed by atoms with Gasteiger partial charge in [0, 0.05) is 16.2 Å². The largest absolute Gasteiger partial charge is 0.456 e. The number of furan rings is 1. The summed E-state index contributed by atoms with van der Waals surface area (Å²) in [6.45, 7) is 4.58. The SMILES string of the molecule is CC1C=Cc2oc3c(c2C=C1)=CC=CC(C)(C1CCCCC1)C=3. The molecule has 2 unspecified atom stereocenters. The van der Waals surface area contributed by atoms with Crippen LogP contribution in [0.1, 0.15) is 57.3 Å². The first kappa shape index (κ1) is 14.8. The van der Waals surface area contributed by atoms with E-state index in [4.69, 9.17) is 4.42 Å². The summed E-state index contributed by atoms with van der Waals surface area (Å²) in [5, 5.41) is 1.24. The van der Waals surface area contributed by atoms with Gasteiger partial charge in [0.05, 0.1) is 0 Å². The maximum absolute atomic E-state index is 6.26. The summed E-state index contributed by atoms with van der Waals surface area (Å²) in [7, 11) is 0. The third kappa shape index (κ3) is 2.67. The van der Waals surface area contributed by atoms with E-state index in [-0.39, 0.29) is 5.41 Å². The van der Waals surface area contributed by atoms with E-state index in [1.54, 1.807) is 0 Å². The summed E-state index contributed by atoms with van der Waals surface area (Å²) in [5.74, 6) is 2.21. The van der Waals surface area contributed by atoms with Gasteiger partial charge in [0.2, 0.25) is 0 Å². The molecule has 1 nitrogen and oxygen atoms in total. The number of fused-ring (bicyclic) bond motifs is 3. The Bertz CT molecular complexity index is 796. The van der Waals surface area contributed by atoms with Crippen LogP contribution in [0.3, 0.4) is 0 Å². The van der Waals surface area contributed by atoms with E-state index < -0.39 is 0 Å². The number of allylic oxidation sites excluding steroid dienone is 4. The van der Waals surface area contributed by atoms with Crippen molar-refractivity contribution in [3.05, 3.63) is 46.3 Å². The normalized spacial score (nSPS) is 29.9. The molecule has 1 heteroatoms. The molecule has 1 heterocycles. The molecule has 23 heavy (non-hydrogen) atoms. The highest BCUT2D eigenvalue weighted by Crippen LogP contribution is 2.41. The lowest BCUT2D eigenvalue weighted by Gasteiger charge is -2.35. The van der Waals surface area contributed by atoms with E-state index in [1.165, 1.54) is 42.9 Å². The van der Waals surface area contributed by atoms with Crippen molar-refractivity contribution in [2.45, 2.75) is 46.0 Å². The molecule has 0 aliphatic heterocycles. The van der Waals surface area contributed by atoms with E-state index >= 15 is 0 Å². The maximum Gasteiger partial charge on any atom is 0.135 e. The Morgan fingerprint density at radius 1 is 1.09 bits per heavy atom. The summed E-state index contributed by atoms with van der Waals surface area (Å²) < 4.78 is 6.26. The fourth-order valence-corrected chi connectivity index (χ4v) is 4.28. The second-order valence-corrected chi connectivity index (χ2v) is 7.61. The molecule has 1 aromatic rings. The number of hydrogen-bond acceptors (Lipinski definition) is 1. The zero-order valence-corrected chi connectivity index (χ0v) is 14.2. The first-order valence-corrected chi connectivity index (χ1v) is 9.07. The molecule has 0 spiro atoms. The van der Waals surface area contributed by atoms with Gasteiger partial charge in [-0.3, -0.25) is 0 Å². The van der Waals surface area contributed by atoms with Crippen molar-refractivity contribution in [1.29, 1.82) is 0 Å². The van der Waals surface area contributed by atoms with Crippen LogP contribution >= 0.6 is 0 Å². The minimum absolute atomic E-state index is 0.111. The quantitative estimate of drug-likeness (QED) is 0.734. The topological polar surface area (TPSA) is 13.1 Å². The third-order valence-electron chi connectivity index (χ3n) is 5.80. The molecule has 0 amide bonds.